The van der Waals surface area contributed by atoms with E-state index in [0.717, 1.165) is 24.8 Å². The summed E-state index contributed by atoms with van der Waals surface area (Å²) in [5.74, 6) is -0.483. The number of carbonyl (C=O) groups excluding carboxylic acids is 2. The molecule has 1 fully saturated rings. The zero-order valence-electron chi connectivity index (χ0n) is 18.5. The highest BCUT2D eigenvalue weighted by Gasteiger charge is 2.38. The van der Waals surface area contributed by atoms with Crippen molar-refractivity contribution in [1.29, 1.82) is 0 Å². The summed E-state index contributed by atoms with van der Waals surface area (Å²) >= 11 is 7.66. The van der Waals surface area contributed by atoms with Crippen molar-refractivity contribution >= 4 is 34.8 Å². The third-order valence-electron chi connectivity index (χ3n) is 6.30. The van der Waals surface area contributed by atoms with Gasteiger partial charge in [-0.05, 0) is 72.7 Å². The van der Waals surface area contributed by atoms with Gasteiger partial charge in [0.25, 0.3) is 5.91 Å². The average Bonchev–Trinajstić information content (AvgIpc) is 3.57. The van der Waals surface area contributed by atoms with E-state index < -0.39 is 11.7 Å². The molecule has 5 nitrogen and oxygen atoms in total. The maximum atomic E-state index is 14.3. The Morgan fingerprint density at radius 2 is 1.88 bits per heavy atom. The number of thiophene rings is 1. The second kappa shape index (κ2) is 9.76. The zero-order valence-corrected chi connectivity index (χ0v) is 20.0. The molecule has 0 N–H and O–H groups in total. The maximum Gasteiger partial charge on any atom is 0.257 e. The summed E-state index contributed by atoms with van der Waals surface area (Å²) in [6, 6.07) is 14.8. The molecular weight excluding hydrogens is 475 g/mol. The molecular formula is C26H24ClFN2O3S. The number of amides is 2. The van der Waals surface area contributed by atoms with Crippen molar-refractivity contribution in [2.24, 2.45) is 0 Å². The molecule has 5 rings (SSSR count). The number of benzene rings is 2. The number of ether oxygens (including phenoxy) is 1. The van der Waals surface area contributed by atoms with Gasteiger partial charge in [0.1, 0.15) is 24.7 Å². The minimum Gasteiger partial charge on any atom is -0.491 e. The molecule has 8 heteroatoms. The predicted octanol–water partition coefficient (Wildman–Crippen LogP) is 5.35. The molecule has 3 aromatic rings. The molecule has 1 aliphatic heterocycles. The Morgan fingerprint density at radius 3 is 2.62 bits per heavy atom. The van der Waals surface area contributed by atoms with Crippen molar-refractivity contribution in [2.75, 3.05) is 19.7 Å². The highest BCUT2D eigenvalue weighted by atomic mass is 35.5. The molecule has 2 heterocycles. The lowest BCUT2D eigenvalue weighted by molar-refractivity contribution is -0.135. The number of hydrogen-bond donors (Lipinski definition) is 0. The minimum absolute atomic E-state index is 0.00332. The third kappa shape index (κ3) is 4.81. The largest absolute Gasteiger partial charge is 0.491 e. The molecule has 1 aliphatic carbocycles. The monoisotopic (exact) mass is 498 g/mol. The quantitative estimate of drug-likeness (QED) is 0.441. The Balaban J connectivity index is 1.34. The Bertz CT molecular complexity index is 1190. The molecule has 0 saturated heterocycles. The fourth-order valence-electron chi connectivity index (χ4n) is 4.36. The molecule has 0 radical (unpaired) electrons. The van der Waals surface area contributed by atoms with Crippen LogP contribution in [-0.4, -0.2) is 47.4 Å². The number of fused-ring (bicyclic) bond motifs is 1. The van der Waals surface area contributed by atoms with Gasteiger partial charge in [0.05, 0.1) is 11.6 Å². The second-order valence-electron chi connectivity index (χ2n) is 8.56. The van der Waals surface area contributed by atoms with Gasteiger partial charge in [0.15, 0.2) is 0 Å². The topological polar surface area (TPSA) is 49.9 Å². The van der Waals surface area contributed by atoms with E-state index in [1.807, 2.05) is 11.4 Å². The lowest BCUT2D eigenvalue weighted by atomic mass is 10.0. The lowest BCUT2D eigenvalue weighted by Crippen LogP contribution is -2.48. The van der Waals surface area contributed by atoms with Gasteiger partial charge in [0, 0.05) is 22.5 Å². The smallest absolute Gasteiger partial charge is 0.257 e. The predicted molar refractivity (Wildman–Crippen MR) is 130 cm³/mol. The number of rotatable bonds is 7. The summed E-state index contributed by atoms with van der Waals surface area (Å²) in [4.78, 5) is 31.2. The summed E-state index contributed by atoms with van der Waals surface area (Å²) in [6.45, 7) is 0.768. The fourth-order valence-corrected chi connectivity index (χ4v) is 5.41. The number of carbonyl (C=O) groups is 2. The van der Waals surface area contributed by atoms with E-state index in [1.54, 1.807) is 52.6 Å². The SMILES string of the molecule is O=C(c1ccccc1F)N(CC(=O)N1CCc2sccc2[C@H]1COc1ccc(Cl)cc1)C1CC1. The third-order valence-corrected chi connectivity index (χ3v) is 7.54. The molecule has 0 unspecified atom stereocenters. The Labute approximate surface area is 206 Å². The van der Waals surface area contributed by atoms with Crippen LogP contribution in [0.5, 0.6) is 5.75 Å². The first-order valence-corrected chi connectivity index (χ1v) is 12.6. The maximum absolute atomic E-state index is 14.3. The summed E-state index contributed by atoms with van der Waals surface area (Å²) in [6.07, 6.45) is 2.41. The summed E-state index contributed by atoms with van der Waals surface area (Å²) < 4.78 is 20.3. The van der Waals surface area contributed by atoms with Crippen molar-refractivity contribution in [3.8, 4) is 5.75 Å². The normalized spacial score (nSPS) is 17.2. The number of nitrogens with zero attached hydrogens (tertiary/aromatic N) is 2. The van der Waals surface area contributed by atoms with Crippen LogP contribution in [0.25, 0.3) is 0 Å². The Kier molecular flexibility index (Phi) is 6.57. The summed E-state index contributed by atoms with van der Waals surface area (Å²) in [7, 11) is 0. The highest BCUT2D eigenvalue weighted by molar-refractivity contribution is 7.10. The Hall–Kier alpha value is -2.90. The van der Waals surface area contributed by atoms with Gasteiger partial charge < -0.3 is 14.5 Å². The van der Waals surface area contributed by atoms with Crippen LogP contribution in [0.2, 0.25) is 5.02 Å². The van der Waals surface area contributed by atoms with Crippen molar-refractivity contribution in [3.63, 3.8) is 0 Å². The van der Waals surface area contributed by atoms with E-state index in [2.05, 4.69) is 0 Å². The molecule has 0 bridgehead atoms. The van der Waals surface area contributed by atoms with Gasteiger partial charge in [0.2, 0.25) is 5.91 Å². The van der Waals surface area contributed by atoms with Crippen LogP contribution in [-0.2, 0) is 11.2 Å². The number of hydrogen-bond acceptors (Lipinski definition) is 4. The van der Waals surface area contributed by atoms with Crippen LogP contribution in [0.1, 0.15) is 39.7 Å². The standard InChI is InChI=1S/C26H24ClFN2O3S/c27-17-5-9-19(10-6-17)33-16-23-21-12-14-34-24(21)11-13-29(23)25(31)15-30(18-7-8-18)26(32)20-3-1-2-4-22(20)28/h1-6,9-10,12,14,18,23H,7-8,11,13,15-16H2/t23-/m1/s1. The van der Waals surface area contributed by atoms with E-state index in [0.29, 0.717) is 23.9 Å². The zero-order chi connectivity index (χ0) is 23.7. The van der Waals surface area contributed by atoms with Crippen LogP contribution in [0.4, 0.5) is 4.39 Å². The van der Waals surface area contributed by atoms with Crippen molar-refractivity contribution in [2.45, 2.75) is 31.3 Å². The van der Waals surface area contributed by atoms with Crippen LogP contribution in [0.3, 0.4) is 0 Å². The molecule has 1 atom stereocenters. The van der Waals surface area contributed by atoms with Crippen molar-refractivity contribution < 1.29 is 18.7 Å². The van der Waals surface area contributed by atoms with Gasteiger partial charge >= 0.3 is 0 Å². The first-order chi connectivity index (χ1) is 16.5. The summed E-state index contributed by atoms with van der Waals surface area (Å²) in [5, 5.41) is 2.66. The van der Waals surface area contributed by atoms with E-state index in [-0.39, 0.29) is 30.1 Å². The molecule has 176 valence electrons. The van der Waals surface area contributed by atoms with Gasteiger partial charge in [-0.15, -0.1) is 11.3 Å². The average molecular weight is 499 g/mol. The van der Waals surface area contributed by atoms with E-state index in [9.17, 15) is 14.0 Å². The van der Waals surface area contributed by atoms with Crippen LogP contribution >= 0.6 is 22.9 Å². The molecule has 1 saturated carbocycles. The first-order valence-electron chi connectivity index (χ1n) is 11.3. The second-order valence-corrected chi connectivity index (χ2v) is 10.00. The molecule has 34 heavy (non-hydrogen) atoms. The molecule has 0 spiro atoms. The minimum atomic E-state index is -0.569. The van der Waals surface area contributed by atoms with Gasteiger partial charge in [-0.1, -0.05) is 23.7 Å². The molecule has 1 aromatic heterocycles. The van der Waals surface area contributed by atoms with Crippen LogP contribution < -0.4 is 4.74 Å². The fraction of sp³-hybridized carbons (Fsp3) is 0.308. The lowest BCUT2D eigenvalue weighted by Gasteiger charge is -2.37. The molecule has 2 amide bonds. The molecule has 2 aromatic carbocycles. The van der Waals surface area contributed by atoms with E-state index in [1.165, 1.54) is 21.9 Å². The van der Waals surface area contributed by atoms with Gasteiger partial charge in [-0.2, -0.15) is 0 Å². The number of halogens is 2. The van der Waals surface area contributed by atoms with Crippen LogP contribution in [0, 0.1) is 5.82 Å². The first kappa shape index (κ1) is 22.9. The van der Waals surface area contributed by atoms with Gasteiger partial charge in [-0.25, -0.2) is 4.39 Å². The Morgan fingerprint density at radius 1 is 1.12 bits per heavy atom. The van der Waals surface area contributed by atoms with E-state index >= 15 is 0 Å². The van der Waals surface area contributed by atoms with Crippen LogP contribution in [0.15, 0.2) is 60.0 Å². The van der Waals surface area contributed by atoms with Crippen molar-refractivity contribution in [3.05, 3.63) is 86.8 Å². The van der Waals surface area contributed by atoms with E-state index in [4.69, 9.17) is 16.3 Å². The highest BCUT2D eigenvalue weighted by Crippen LogP contribution is 2.35. The molecule has 2 aliphatic rings. The summed E-state index contributed by atoms with van der Waals surface area (Å²) in [5.41, 5.74) is 1.08. The van der Waals surface area contributed by atoms with Crippen molar-refractivity contribution in [1.82, 2.24) is 9.80 Å². The van der Waals surface area contributed by atoms with Gasteiger partial charge in [-0.3, -0.25) is 9.59 Å².